The molecule has 0 aliphatic carbocycles. The van der Waals surface area contributed by atoms with Gasteiger partial charge in [0.25, 0.3) is 0 Å². The molecule has 1 aromatic rings. The molecule has 1 rings (SSSR count). The normalized spacial score (nSPS) is 9.92. The van der Waals surface area contributed by atoms with Crippen LogP contribution in [0.5, 0.6) is 0 Å². The highest BCUT2D eigenvalue weighted by Crippen LogP contribution is 1.97. The summed E-state index contributed by atoms with van der Waals surface area (Å²) in [6.45, 7) is 0. The van der Waals surface area contributed by atoms with Crippen LogP contribution in [-0.2, 0) is 0 Å². The van der Waals surface area contributed by atoms with Crippen molar-refractivity contribution in [1.29, 1.82) is 5.26 Å². The van der Waals surface area contributed by atoms with Crippen LogP contribution in [0.3, 0.4) is 0 Å². The van der Waals surface area contributed by atoms with Crippen molar-refractivity contribution in [3.05, 3.63) is 41.4 Å². The van der Waals surface area contributed by atoms with Gasteiger partial charge in [0.1, 0.15) is 0 Å². The third-order valence-electron chi connectivity index (χ3n) is 1.32. The lowest BCUT2D eigenvalue weighted by atomic mass is 10.2. The van der Waals surface area contributed by atoms with Gasteiger partial charge in [-0.15, -0.1) is 0 Å². The molecule has 0 spiro atoms. The summed E-state index contributed by atoms with van der Waals surface area (Å²) in [6, 6.07) is 5.45. The molecule has 0 saturated heterocycles. The molecule has 0 fully saturated rings. The maximum Gasteiger partial charge on any atom is 0.187 e. The van der Waals surface area contributed by atoms with Gasteiger partial charge in [0.2, 0.25) is 0 Å². The third kappa shape index (κ3) is 2.43. The predicted octanol–water partition coefficient (Wildman–Crippen LogP) is 1.25. The van der Waals surface area contributed by atoms with Gasteiger partial charge in [-0.2, -0.15) is 9.99 Å². The van der Waals surface area contributed by atoms with E-state index in [9.17, 15) is 5.21 Å². The maximum atomic E-state index is 10.7. The summed E-state index contributed by atoms with van der Waals surface area (Å²) in [5.41, 5.74) is 0.808. The van der Waals surface area contributed by atoms with E-state index in [-0.39, 0.29) is 0 Å². The SMILES string of the molecule is N#CCC=Cc1ccc[n+]([O-])c1. The molecule has 0 aromatic carbocycles. The monoisotopic (exact) mass is 160 g/mol. The van der Waals surface area contributed by atoms with Crippen molar-refractivity contribution < 1.29 is 4.73 Å². The molecule has 0 radical (unpaired) electrons. The van der Waals surface area contributed by atoms with E-state index < -0.39 is 0 Å². The van der Waals surface area contributed by atoms with Crippen LogP contribution in [-0.4, -0.2) is 0 Å². The molecule has 60 valence electrons. The number of allylic oxidation sites excluding steroid dienone is 1. The highest BCUT2D eigenvalue weighted by atomic mass is 16.5. The number of hydrogen-bond acceptors (Lipinski definition) is 2. The van der Waals surface area contributed by atoms with Gasteiger partial charge in [0, 0.05) is 11.6 Å². The first-order valence-electron chi connectivity index (χ1n) is 3.55. The molecule has 0 unspecified atom stereocenters. The summed E-state index contributed by atoms with van der Waals surface area (Å²) in [7, 11) is 0. The molecule has 0 N–H and O–H groups in total. The van der Waals surface area contributed by atoms with E-state index in [0.717, 1.165) is 10.3 Å². The van der Waals surface area contributed by atoms with Crippen molar-refractivity contribution in [2.75, 3.05) is 0 Å². The molecule has 0 bridgehead atoms. The summed E-state index contributed by atoms with van der Waals surface area (Å²) >= 11 is 0. The zero-order chi connectivity index (χ0) is 8.81. The van der Waals surface area contributed by atoms with Gasteiger partial charge in [0.15, 0.2) is 12.4 Å². The summed E-state index contributed by atoms with van der Waals surface area (Å²) in [5.74, 6) is 0. The van der Waals surface area contributed by atoms with E-state index in [1.165, 1.54) is 12.4 Å². The Bertz CT molecular complexity index is 326. The lowest BCUT2D eigenvalue weighted by Crippen LogP contribution is -2.24. The predicted molar refractivity (Wildman–Crippen MR) is 44.7 cm³/mol. The number of pyridine rings is 1. The fraction of sp³-hybridized carbons (Fsp3) is 0.111. The van der Waals surface area contributed by atoms with Gasteiger partial charge in [0.05, 0.1) is 12.5 Å². The molecule has 12 heavy (non-hydrogen) atoms. The Morgan fingerprint density at radius 3 is 3.17 bits per heavy atom. The van der Waals surface area contributed by atoms with Crippen LogP contribution in [0.15, 0.2) is 30.6 Å². The first kappa shape index (κ1) is 8.28. The Morgan fingerprint density at radius 1 is 1.67 bits per heavy atom. The Kier molecular flexibility index (Phi) is 2.86. The number of hydrogen-bond donors (Lipinski definition) is 0. The standard InChI is InChI=1S/C9H8N2O/c10-6-2-1-4-9-5-3-7-11(12)8-9/h1,3-5,7-8H,2H2. The van der Waals surface area contributed by atoms with Gasteiger partial charge >= 0.3 is 0 Å². The number of rotatable bonds is 2. The van der Waals surface area contributed by atoms with Gasteiger partial charge in [-0.25, -0.2) is 0 Å². The number of nitriles is 1. The Hall–Kier alpha value is -1.82. The minimum Gasteiger partial charge on any atom is -0.619 e. The maximum absolute atomic E-state index is 10.7. The van der Waals surface area contributed by atoms with Crippen molar-refractivity contribution in [1.82, 2.24) is 0 Å². The Balaban J connectivity index is 2.71. The second kappa shape index (κ2) is 4.14. The largest absolute Gasteiger partial charge is 0.619 e. The fourth-order valence-corrected chi connectivity index (χ4v) is 0.818. The van der Waals surface area contributed by atoms with Crippen molar-refractivity contribution in [2.45, 2.75) is 6.42 Å². The first-order chi connectivity index (χ1) is 5.83. The molecule has 0 saturated carbocycles. The molecule has 3 nitrogen and oxygen atoms in total. The second-order valence-electron chi connectivity index (χ2n) is 2.26. The molecule has 0 atom stereocenters. The van der Waals surface area contributed by atoms with Crippen LogP contribution >= 0.6 is 0 Å². The molecule has 0 aliphatic rings. The number of aromatic nitrogens is 1. The van der Waals surface area contributed by atoms with E-state index in [1.54, 1.807) is 18.2 Å². The van der Waals surface area contributed by atoms with E-state index in [4.69, 9.17) is 5.26 Å². The molecule has 0 aliphatic heterocycles. The lowest BCUT2D eigenvalue weighted by molar-refractivity contribution is -0.605. The van der Waals surface area contributed by atoms with Crippen LogP contribution in [0, 0.1) is 16.5 Å². The van der Waals surface area contributed by atoms with Crippen molar-refractivity contribution >= 4 is 6.08 Å². The van der Waals surface area contributed by atoms with Crippen LogP contribution in [0.1, 0.15) is 12.0 Å². The molecule has 3 heteroatoms. The van der Waals surface area contributed by atoms with Crippen molar-refractivity contribution in [2.24, 2.45) is 0 Å². The van der Waals surface area contributed by atoms with Crippen molar-refractivity contribution in [3.8, 4) is 6.07 Å². The van der Waals surface area contributed by atoms with Crippen molar-refractivity contribution in [3.63, 3.8) is 0 Å². The quantitative estimate of drug-likeness (QED) is 0.483. The average molecular weight is 160 g/mol. The average Bonchev–Trinajstić information content (AvgIpc) is 2.05. The molecule has 1 heterocycles. The van der Waals surface area contributed by atoms with Gasteiger partial charge in [-0.1, -0.05) is 12.2 Å². The molecular formula is C9H8N2O. The molecular weight excluding hydrogens is 152 g/mol. The topological polar surface area (TPSA) is 50.7 Å². The minimum absolute atomic E-state index is 0.369. The summed E-state index contributed by atoms with van der Waals surface area (Å²) in [5, 5.41) is 19.0. The Labute approximate surface area is 70.8 Å². The first-order valence-corrected chi connectivity index (χ1v) is 3.55. The highest BCUT2D eigenvalue weighted by Gasteiger charge is 1.89. The lowest BCUT2D eigenvalue weighted by Gasteiger charge is -1.94. The van der Waals surface area contributed by atoms with Gasteiger partial charge in [-0.3, -0.25) is 0 Å². The minimum atomic E-state index is 0.369. The zero-order valence-corrected chi connectivity index (χ0v) is 6.47. The highest BCUT2D eigenvalue weighted by molar-refractivity contribution is 5.46. The smallest absolute Gasteiger partial charge is 0.187 e. The summed E-state index contributed by atoms with van der Waals surface area (Å²) in [4.78, 5) is 0. The van der Waals surface area contributed by atoms with E-state index in [0.29, 0.717) is 6.42 Å². The second-order valence-corrected chi connectivity index (χ2v) is 2.26. The third-order valence-corrected chi connectivity index (χ3v) is 1.32. The zero-order valence-electron chi connectivity index (χ0n) is 6.47. The Morgan fingerprint density at radius 2 is 2.50 bits per heavy atom. The van der Waals surface area contributed by atoms with Gasteiger partial charge < -0.3 is 5.21 Å². The van der Waals surface area contributed by atoms with Crippen LogP contribution < -0.4 is 4.73 Å². The molecule has 0 amide bonds. The molecule has 1 aromatic heterocycles. The van der Waals surface area contributed by atoms with Crippen LogP contribution in [0.4, 0.5) is 0 Å². The van der Waals surface area contributed by atoms with Gasteiger partial charge in [-0.05, 0) is 6.07 Å². The summed E-state index contributed by atoms with van der Waals surface area (Å²) in [6.07, 6.45) is 6.70. The van der Waals surface area contributed by atoms with Crippen LogP contribution in [0.25, 0.3) is 6.08 Å². The van der Waals surface area contributed by atoms with E-state index >= 15 is 0 Å². The van der Waals surface area contributed by atoms with E-state index in [1.807, 2.05) is 12.1 Å². The van der Waals surface area contributed by atoms with E-state index in [2.05, 4.69) is 0 Å². The summed E-state index contributed by atoms with van der Waals surface area (Å²) < 4.78 is 0.728. The van der Waals surface area contributed by atoms with Crippen LogP contribution in [0.2, 0.25) is 0 Å². The fourth-order valence-electron chi connectivity index (χ4n) is 0.818. The number of nitrogens with zero attached hydrogens (tertiary/aromatic N) is 2.